The first kappa shape index (κ1) is 19.0. The van der Waals surface area contributed by atoms with Gasteiger partial charge in [0.25, 0.3) is 5.91 Å². The smallest absolute Gasteiger partial charge is 0.321 e. The Labute approximate surface area is 169 Å². The van der Waals surface area contributed by atoms with Gasteiger partial charge in [-0.05, 0) is 42.7 Å². The van der Waals surface area contributed by atoms with Crippen molar-refractivity contribution in [2.75, 3.05) is 13.1 Å². The van der Waals surface area contributed by atoms with Gasteiger partial charge in [0.2, 0.25) is 0 Å². The molecule has 0 spiro atoms. The Balaban J connectivity index is 1.24. The summed E-state index contributed by atoms with van der Waals surface area (Å²) >= 11 is 0. The molecule has 0 atom stereocenters. The highest BCUT2D eigenvalue weighted by Crippen LogP contribution is 2.16. The van der Waals surface area contributed by atoms with Crippen LogP contribution in [0.5, 0.6) is 0 Å². The van der Waals surface area contributed by atoms with Crippen molar-refractivity contribution >= 4 is 23.0 Å². The fraction of sp³-hybridized carbons (Fsp3) is 0.273. The Morgan fingerprint density at radius 3 is 2.45 bits per heavy atom. The molecule has 0 aliphatic carbocycles. The highest BCUT2D eigenvalue weighted by atomic mass is 16.2. The third-order valence-corrected chi connectivity index (χ3v) is 5.13. The number of hydrogen-bond donors (Lipinski definition) is 2. The molecule has 148 valence electrons. The molecule has 1 aromatic heterocycles. The first-order valence-corrected chi connectivity index (χ1v) is 9.76. The summed E-state index contributed by atoms with van der Waals surface area (Å²) in [5, 5.41) is 5.31. The number of carbonyl (C=O) groups is 2. The number of imide groups is 1. The van der Waals surface area contributed by atoms with E-state index in [1.807, 2.05) is 12.1 Å². The molecule has 1 aliphatic rings. The van der Waals surface area contributed by atoms with E-state index in [0.717, 1.165) is 43.5 Å². The molecular formula is C22H23N5O2. The summed E-state index contributed by atoms with van der Waals surface area (Å²) in [5.74, 6) is -0.389. The molecule has 2 N–H and O–H groups in total. The van der Waals surface area contributed by atoms with Crippen LogP contribution in [0.15, 0.2) is 60.9 Å². The fourth-order valence-corrected chi connectivity index (χ4v) is 3.59. The van der Waals surface area contributed by atoms with Crippen LogP contribution in [0.3, 0.4) is 0 Å². The lowest BCUT2D eigenvalue weighted by Gasteiger charge is -2.32. The zero-order valence-corrected chi connectivity index (χ0v) is 16.0. The quantitative estimate of drug-likeness (QED) is 0.716. The number of benzene rings is 2. The SMILES string of the molecule is O=C(NC(=O)c1ccccc1)NC1CCN(Cc2ccc3nccnc3c2)CC1. The number of amides is 3. The van der Waals surface area contributed by atoms with E-state index in [4.69, 9.17) is 0 Å². The highest BCUT2D eigenvalue weighted by Gasteiger charge is 2.21. The van der Waals surface area contributed by atoms with Crippen molar-refractivity contribution in [1.29, 1.82) is 0 Å². The van der Waals surface area contributed by atoms with Crippen LogP contribution < -0.4 is 10.6 Å². The van der Waals surface area contributed by atoms with Gasteiger partial charge in [-0.3, -0.25) is 25.0 Å². The number of fused-ring (bicyclic) bond motifs is 1. The van der Waals surface area contributed by atoms with Gasteiger partial charge in [-0.25, -0.2) is 4.79 Å². The molecule has 0 bridgehead atoms. The van der Waals surface area contributed by atoms with Gasteiger partial charge in [0.15, 0.2) is 0 Å². The maximum Gasteiger partial charge on any atom is 0.321 e. The van der Waals surface area contributed by atoms with E-state index >= 15 is 0 Å². The number of aromatic nitrogens is 2. The van der Waals surface area contributed by atoms with E-state index < -0.39 is 6.03 Å². The van der Waals surface area contributed by atoms with Gasteiger partial charge in [0, 0.05) is 43.6 Å². The van der Waals surface area contributed by atoms with Crippen LogP contribution in [0, 0.1) is 0 Å². The standard InChI is InChI=1S/C22H23N5O2/c28-21(17-4-2-1-3-5-17)26-22(29)25-18-8-12-27(13-9-18)15-16-6-7-19-20(14-16)24-11-10-23-19/h1-7,10-11,14,18H,8-9,12-13,15H2,(H2,25,26,28,29). The topological polar surface area (TPSA) is 87.2 Å². The number of likely N-dealkylation sites (tertiary alicyclic amines) is 1. The van der Waals surface area contributed by atoms with Gasteiger partial charge in [0.05, 0.1) is 11.0 Å². The van der Waals surface area contributed by atoms with Crippen LogP contribution in [0.25, 0.3) is 11.0 Å². The number of urea groups is 1. The van der Waals surface area contributed by atoms with Crippen molar-refractivity contribution in [1.82, 2.24) is 25.5 Å². The first-order valence-electron chi connectivity index (χ1n) is 9.76. The van der Waals surface area contributed by atoms with Crippen LogP contribution >= 0.6 is 0 Å². The van der Waals surface area contributed by atoms with E-state index in [0.29, 0.717) is 5.56 Å². The lowest BCUT2D eigenvalue weighted by molar-refractivity contribution is 0.0961. The Bertz CT molecular complexity index is 1000. The summed E-state index contributed by atoms with van der Waals surface area (Å²) in [5.41, 5.74) is 3.48. The number of nitrogens with one attached hydrogen (secondary N) is 2. The third-order valence-electron chi connectivity index (χ3n) is 5.13. The summed E-state index contributed by atoms with van der Waals surface area (Å²) in [4.78, 5) is 35.2. The average Bonchev–Trinajstić information content (AvgIpc) is 2.75. The predicted octanol–water partition coefficient (Wildman–Crippen LogP) is 2.73. The minimum Gasteiger partial charge on any atom is -0.335 e. The van der Waals surface area contributed by atoms with Gasteiger partial charge in [-0.2, -0.15) is 0 Å². The molecule has 1 aliphatic heterocycles. The zero-order chi connectivity index (χ0) is 20.1. The number of nitrogens with zero attached hydrogens (tertiary/aromatic N) is 3. The van der Waals surface area contributed by atoms with Crippen molar-refractivity contribution in [3.63, 3.8) is 0 Å². The van der Waals surface area contributed by atoms with Crippen LogP contribution in [0.2, 0.25) is 0 Å². The van der Waals surface area contributed by atoms with Crippen molar-refractivity contribution in [3.05, 3.63) is 72.1 Å². The molecule has 29 heavy (non-hydrogen) atoms. The maximum absolute atomic E-state index is 12.1. The number of piperidine rings is 1. The number of rotatable bonds is 4. The Morgan fingerprint density at radius 2 is 1.69 bits per heavy atom. The molecule has 7 nitrogen and oxygen atoms in total. The maximum atomic E-state index is 12.1. The molecule has 0 radical (unpaired) electrons. The molecule has 2 aromatic carbocycles. The molecule has 1 fully saturated rings. The second-order valence-corrected chi connectivity index (χ2v) is 7.22. The van der Waals surface area contributed by atoms with Crippen LogP contribution in [0.1, 0.15) is 28.8 Å². The zero-order valence-electron chi connectivity index (χ0n) is 16.0. The van der Waals surface area contributed by atoms with Crippen molar-refractivity contribution < 1.29 is 9.59 Å². The van der Waals surface area contributed by atoms with Crippen molar-refractivity contribution in [2.45, 2.75) is 25.4 Å². The predicted molar refractivity (Wildman–Crippen MR) is 110 cm³/mol. The molecule has 3 aromatic rings. The normalized spacial score (nSPS) is 15.2. The van der Waals surface area contributed by atoms with Crippen molar-refractivity contribution in [2.24, 2.45) is 0 Å². The summed E-state index contributed by atoms with van der Waals surface area (Å²) in [6, 6.07) is 14.5. The van der Waals surface area contributed by atoms with E-state index in [1.54, 1.807) is 36.7 Å². The first-order chi connectivity index (χ1) is 14.2. The van der Waals surface area contributed by atoms with Gasteiger partial charge < -0.3 is 5.32 Å². The van der Waals surface area contributed by atoms with Gasteiger partial charge in [-0.15, -0.1) is 0 Å². The molecule has 7 heteroatoms. The van der Waals surface area contributed by atoms with Crippen LogP contribution in [-0.4, -0.2) is 45.9 Å². The summed E-state index contributed by atoms with van der Waals surface area (Å²) in [6.07, 6.45) is 5.10. The summed E-state index contributed by atoms with van der Waals surface area (Å²) < 4.78 is 0. The second-order valence-electron chi connectivity index (χ2n) is 7.22. The van der Waals surface area contributed by atoms with Gasteiger partial charge in [0.1, 0.15) is 0 Å². The summed E-state index contributed by atoms with van der Waals surface area (Å²) in [6.45, 7) is 2.62. The average molecular weight is 389 g/mol. The monoisotopic (exact) mass is 389 g/mol. The Morgan fingerprint density at radius 1 is 0.966 bits per heavy atom. The van der Waals surface area contributed by atoms with E-state index in [-0.39, 0.29) is 11.9 Å². The molecule has 3 amide bonds. The molecule has 4 rings (SSSR count). The molecular weight excluding hydrogens is 366 g/mol. The Kier molecular flexibility index (Phi) is 5.76. The largest absolute Gasteiger partial charge is 0.335 e. The fourth-order valence-electron chi connectivity index (χ4n) is 3.59. The summed E-state index contributed by atoms with van der Waals surface area (Å²) in [7, 11) is 0. The molecule has 2 heterocycles. The minimum atomic E-state index is -0.439. The lowest BCUT2D eigenvalue weighted by atomic mass is 10.0. The number of hydrogen-bond acceptors (Lipinski definition) is 5. The molecule has 1 saturated heterocycles. The minimum absolute atomic E-state index is 0.0669. The lowest BCUT2D eigenvalue weighted by Crippen LogP contribution is -2.49. The van der Waals surface area contributed by atoms with E-state index in [1.165, 1.54) is 5.56 Å². The van der Waals surface area contributed by atoms with Crippen molar-refractivity contribution in [3.8, 4) is 0 Å². The second kappa shape index (κ2) is 8.79. The van der Waals surface area contributed by atoms with E-state index in [9.17, 15) is 9.59 Å². The van der Waals surface area contributed by atoms with Crippen LogP contribution in [0.4, 0.5) is 4.79 Å². The molecule has 0 saturated carbocycles. The molecule has 0 unspecified atom stereocenters. The highest BCUT2D eigenvalue weighted by molar-refractivity contribution is 6.04. The van der Waals surface area contributed by atoms with Gasteiger partial charge >= 0.3 is 6.03 Å². The Hall–Kier alpha value is -3.32. The third kappa shape index (κ3) is 4.94. The van der Waals surface area contributed by atoms with Gasteiger partial charge in [-0.1, -0.05) is 24.3 Å². The number of carbonyl (C=O) groups excluding carboxylic acids is 2. The van der Waals surface area contributed by atoms with E-state index in [2.05, 4.69) is 37.6 Å². The van der Waals surface area contributed by atoms with Crippen LogP contribution in [-0.2, 0) is 6.54 Å².